The number of fused-ring (bicyclic) bond motifs is 1. The largest absolute Gasteiger partial charge is 0.497 e. The number of methoxy groups -OCH3 is 1. The van der Waals surface area contributed by atoms with Crippen LogP contribution in [0.1, 0.15) is 41.1 Å². The van der Waals surface area contributed by atoms with Gasteiger partial charge in [-0.25, -0.2) is 10.1 Å². The molecule has 1 saturated heterocycles. The van der Waals surface area contributed by atoms with E-state index in [1.807, 2.05) is 30.3 Å². The van der Waals surface area contributed by atoms with Gasteiger partial charge in [0.15, 0.2) is 5.78 Å². The number of ether oxygens (including phenoxy) is 3. The first-order valence-corrected chi connectivity index (χ1v) is 10.1. The van der Waals surface area contributed by atoms with Gasteiger partial charge in [-0.3, -0.25) is 4.79 Å². The number of nitrogens with one attached hydrogen (secondary N) is 1. The number of carbonyl (C=O) groups excluding carboxylic acids is 2. The van der Waals surface area contributed by atoms with Crippen molar-refractivity contribution in [1.82, 2.24) is 5.32 Å². The maximum absolute atomic E-state index is 12.9. The number of Topliss-reactive ketones (excluding diaryl/α,β-unsaturated/α-hetero) is 1. The molecule has 0 saturated carbocycles. The number of allylic oxidation sites excluding steroid dienone is 1. The Morgan fingerprint density at radius 1 is 1.16 bits per heavy atom. The van der Waals surface area contributed by atoms with Crippen LogP contribution in [0, 0.1) is 11.3 Å². The predicted molar refractivity (Wildman–Crippen MR) is 109 cm³/mol. The molecule has 0 spiro atoms. The molecule has 0 aromatic heterocycles. The number of benzene rings is 2. The Hall–Kier alpha value is -3.63. The average Bonchev–Trinajstić information content (AvgIpc) is 3.46. The highest BCUT2D eigenvalue weighted by molar-refractivity contribution is 5.99. The summed E-state index contributed by atoms with van der Waals surface area (Å²) in [4.78, 5) is 25.7. The third-order valence-electron chi connectivity index (χ3n) is 6.09. The van der Waals surface area contributed by atoms with Gasteiger partial charge in [-0.05, 0) is 36.2 Å². The van der Waals surface area contributed by atoms with Gasteiger partial charge in [0, 0.05) is 18.4 Å². The summed E-state index contributed by atoms with van der Waals surface area (Å²) >= 11 is 0. The molecule has 0 radical (unpaired) electrons. The first-order valence-electron chi connectivity index (χ1n) is 10.1. The van der Waals surface area contributed by atoms with Crippen molar-refractivity contribution >= 4 is 11.8 Å². The van der Waals surface area contributed by atoms with Crippen LogP contribution in [-0.4, -0.2) is 30.3 Å². The number of nitriles is 1. The van der Waals surface area contributed by atoms with Crippen molar-refractivity contribution in [3.8, 4) is 11.8 Å². The Bertz CT molecular complexity index is 1130. The molecular weight excluding hydrogens is 396 g/mol. The van der Waals surface area contributed by atoms with Crippen LogP contribution in [0.3, 0.4) is 0 Å². The summed E-state index contributed by atoms with van der Waals surface area (Å²) in [5.41, 5.74) is 0.211. The SMILES string of the molecule is COc1ccc(C(=O)OC23NC2(C#N)C(c2ccccc2)C2=C(CCCC2=O)O3)cc1. The van der Waals surface area contributed by atoms with Gasteiger partial charge in [-0.2, -0.15) is 5.26 Å². The molecule has 7 heteroatoms. The molecule has 5 rings (SSSR count). The van der Waals surface area contributed by atoms with Gasteiger partial charge in [-0.1, -0.05) is 30.3 Å². The third kappa shape index (κ3) is 2.83. The second kappa shape index (κ2) is 6.96. The van der Waals surface area contributed by atoms with Crippen LogP contribution in [0.15, 0.2) is 65.9 Å². The molecule has 2 aromatic carbocycles. The van der Waals surface area contributed by atoms with E-state index in [0.717, 1.165) is 5.56 Å². The van der Waals surface area contributed by atoms with Gasteiger partial charge in [0.1, 0.15) is 11.5 Å². The van der Waals surface area contributed by atoms with Crippen LogP contribution in [0.5, 0.6) is 5.75 Å². The van der Waals surface area contributed by atoms with Crippen molar-refractivity contribution in [1.29, 1.82) is 5.26 Å². The van der Waals surface area contributed by atoms with Crippen LogP contribution in [0.25, 0.3) is 0 Å². The van der Waals surface area contributed by atoms with Crippen molar-refractivity contribution in [3.05, 3.63) is 77.1 Å². The van der Waals surface area contributed by atoms with E-state index in [1.54, 1.807) is 24.3 Å². The molecule has 1 fully saturated rings. The number of esters is 1. The second-order valence-corrected chi connectivity index (χ2v) is 7.84. The normalized spacial score (nSPS) is 28.5. The lowest BCUT2D eigenvalue weighted by atomic mass is 9.73. The van der Waals surface area contributed by atoms with Crippen molar-refractivity contribution in [2.75, 3.05) is 7.11 Å². The molecule has 7 nitrogen and oxygen atoms in total. The van der Waals surface area contributed by atoms with Crippen molar-refractivity contribution in [2.24, 2.45) is 0 Å². The van der Waals surface area contributed by atoms with E-state index in [1.165, 1.54) is 7.11 Å². The Labute approximate surface area is 179 Å². The molecule has 2 aliphatic heterocycles. The number of ketones is 1. The molecule has 31 heavy (non-hydrogen) atoms. The van der Waals surface area contributed by atoms with Gasteiger partial charge in [-0.15, -0.1) is 0 Å². The predicted octanol–water partition coefficient (Wildman–Crippen LogP) is 3.19. The van der Waals surface area contributed by atoms with E-state index in [0.29, 0.717) is 41.9 Å². The molecule has 1 aliphatic carbocycles. The molecule has 1 N–H and O–H groups in total. The summed E-state index contributed by atoms with van der Waals surface area (Å²) in [5, 5.41) is 13.2. The Kier molecular flexibility index (Phi) is 4.34. The van der Waals surface area contributed by atoms with E-state index in [9.17, 15) is 14.9 Å². The summed E-state index contributed by atoms with van der Waals surface area (Å²) in [6.45, 7) is 0. The van der Waals surface area contributed by atoms with E-state index in [2.05, 4.69) is 11.4 Å². The molecule has 0 amide bonds. The molecule has 156 valence electrons. The highest BCUT2D eigenvalue weighted by atomic mass is 16.8. The second-order valence-electron chi connectivity index (χ2n) is 7.84. The highest BCUT2D eigenvalue weighted by Crippen LogP contribution is 2.59. The molecule has 3 unspecified atom stereocenters. The zero-order chi connectivity index (χ0) is 21.6. The number of hydrogen-bond acceptors (Lipinski definition) is 7. The van der Waals surface area contributed by atoms with Gasteiger partial charge >= 0.3 is 11.9 Å². The molecule has 3 aliphatic rings. The van der Waals surface area contributed by atoms with Gasteiger partial charge in [0.2, 0.25) is 5.54 Å². The fourth-order valence-electron chi connectivity index (χ4n) is 4.52. The third-order valence-corrected chi connectivity index (χ3v) is 6.09. The minimum Gasteiger partial charge on any atom is -0.497 e. The Morgan fingerprint density at radius 3 is 2.58 bits per heavy atom. The molecule has 3 atom stereocenters. The first-order chi connectivity index (χ1) is 15.0. The lowest BCUT2D eigenvalue weighted by Crippen LogP contribution is -2.44. The van der Waals surface area contributed by atoms with Crippen LogP contribution in [-0.2, 0) is 14.3 Å². The van der Waals surface area contributed by atoms with Crippen molar-refractivity contribution < 1.29 is 23.8 Å². The van der Waals surface area contributed by atoms with Crippen LogP contribution in [0.4, 0.5) is 0 Å². The number of carbonyl (C=O) groups is 2. The minimum atomic E-state index is -1.64. The summed E-state index contributed by atoms with van der Waals surface area (Å²) in [6.07, 6.45) is 1.61. The topological polar surface area (TPSA) is 108 Å². The van der Waals surface area contributed by atoms with E-state index < -0.39 is 23.3 Å². The standard InChI is InChI=1S/C24H20N2O5/c1-29-17-12-10-16(11-13-17)22(28)31-24-23(14-25,26-24)21(15-6-3-2-4-7-15)20-18(27)8-5-9-19(20)30-24/h2-4,6-7,10-13,21,26H,5,8-9H2,1H3. The summed E-state index contributed by atoms with van der Waals surface area (Å²) in [5.74, 6) is -1.81. The quantitative estimate of drug-likeness (QED) is 0.602. The summed E-state index contributed by atoms with van der Waals surface area (Å²) in [6, 6.07) is 18.1. The lowest BCUT2D eigenvalue weighted by molar-refractivity contribution is -0.136. The van der Waals surface area contributed by atoms with Crippen molar-refractivity contribution in [3.63, 3.8) is 0 Å². The van der Waals surface area contributed by atoms with E-state index in [-0.39, 0.29) is 5.78 Å². The van der Waals surface area contributed by atoms with Gasteiger partial charge < -0.3 is 14.2 Å². The van der Waals surface area contributed by atoms with E-state index >= 15 is 0 Å². The summed E-state index contributed by atoms with van der Waals surface area (Å²) in [7, 11) is 1.54. The first kappa shape index (κ1) is 19.3. The smallest absolute Gasteiger partial charge is 0.351 e. The van der Waals surface area contributed by atoms with Gasteiger partial charge in [0.05, 0.1) is 24.7 Å². The van der Waals surface area contributed by atoms with Gasteiger partial charge in [0.25, 0.3) is 0 Å². The minimum absolute atomic E-state index is 0.0338. The summed E-state index contributed by atoms with van der Waals surface area (Å²) < 4.78 is 16.9. The highest BCUT2D eigenvalue weighted by Gasteiger charge is 2.82. The zero-order valence-corrected chi connectivity index (χ0v) is 16.9. The van der Waals surface area contributed by atoms with E-state index in [4.69, 9.17) is 14.2 Å². The number of hydrogen-bond donors (Lipinski definition) is 1. The van der Waals surface area contributed by atoms with Crippen LogP contribution >= 0.6 is 0 Å². The lowest BCUT2D eigenvalue weighted by Gasteiger charge is -2.35. The Morgan fingerprint density at radius 2 is 1.90 bits per heavy atom. The fourth-order valence-corrected chi connectivity index (χ4v) is 4.52. The molecule has 0 bridgehead atoms. The Balaban J connectivity index is 1.55. The molecule has 2 heterocycles. The van der Waals surface area contributed by atoms with Crippen molar-refractivity contribution in [2.45, 2.75) is 36.6 Å². The zero-order valence-electron chi connectivity index (χ0n) is 16.9. The fraction of sp³-hybridized carbons (Fsp3) is 0.292. The van der Waals surface area contributed by atoms with Crippen LogP contribution < -0.4 is 10.1 Å². The monoisotopic (exact) mass is 416 g/mol. The van der Waals surface area contributed by atoms with Crippen LogP contribution in [0.2, 0.25) is 0 Å². The maximum atomic E-state index is 12.9. The number of nitrogens with zero attached hydrogens (tertiary/aromatic N) is 1. The maximum Gasteiger partial charge on any atom is 0.351 e. The number of rotatable bonds is 4. The molecule has 2 aromatic rings. The average molecular weight is 416 g/mol. The molecular formula is C24H20N2O5.